The molecule has 0 saturated heterocycles. The van der Waals surface area contributed by atoms with Gasteiger partial charge in [0.05, 0.1) is 18.4 Å². The van der Waals surface area contributed by atoms with E-state index in [9.17, 15) is 9.90 Å². The molecule has 0 aliphatic heterocycles. The first-order chi connectivity index (χ1) is 10.0. The molecule has 1 N–H and O–H groups in total. The SMILES string of the molecule is COc1cccc(C=Nc2cccc(C(=O)O)c2C)c1[O-]. The first-order valence-corrected chi connectivity index (χ1v) is 6.25. The van der Waals surface area contributed by atoms with Gasteiger partial charge in [0.25, 0.3) is 0 Å². The molecule has 0 fully saturated rings. The first kappa shape index (κ1) is 14.6. The molecular formula is C16H14NO4-. The predicted octanol–water partition coefficient (Wildman–Crippen LogP) is 2.53. The van der Waals surface area contributed by atoms with Gasteiger partial charge in [-0.1, -0.05) is 23.9 Å². The largest absolute Gasteiger partial charge is 0.870 e. The number of hydrogen-bond acceptors (Lipinski definition) is 4. The minimum atomic E-state index is -1.00. The molecule has 5 heteroatoms. The maximum absolute atomic E-state index is 12.0. The number of benzene rings is 2. The molecule has 0 aliphatic carbocycles. The highest BCUT2D eigenvalue weighted by Gasteiger charge is 2.09. The Morgan fingerprint density at radius 2 is 2.00 bits per heavy atom. The van der Waals surface area contributed by atoms with Crippen LogP contribution in [-0.4, -0.2) is 24.4 Å². The Labute approximate surface area is 122 Å². The third-order valence-corrected chi connectivity index (χ3v) is 3.11. The lowest BCUT2D eigenvalue weighted by Gasteiger charge is -2.14. The second-order valence-electron chi connectivity index (χ2n) is 4.39. The molecule has 0 bridgehead atoms. The molecule has 0 radical (unpaired) electrons. The molecule has 21 heavy (non-hydrogen) atoms. The van der Waals surface area contributed by atoms with Crippen LogP contribution in [0.2, 0.25) is 0 Å². The molecule has 5 nitrogen and oxygen atoms in total. The smallest absolute Gasteiger partial charge is 0.336 e. The van der Waals surface area contributed by atoms with Gasteiger partial charge in [-0.3, -0.25) is 4.99 Å². The van der Waals surface area contributed by atoms with E-state index in [2.05, 4.69) is 4.99 Å². The Balaban J connectivity index is 2.39. The molecular weight excluding hydrogens is 270 g/mol. The van der Waals surface area contributed by atoms with Crippen molar-refractivity contribution in [3.63, 3.8) is 0 Å². The third kappa shape index (κ3) is 3.02. The van der Waals surface area contributed by atoms with Crippen LogP contribution >= 0.6 is 0 Å². The van der Waals surface area contributed by atoms with E-state index in [1.165, 1.54) is 19.4 Å². The Bertz CT molecular complexity index is 707. The van der Waals surface area contributed by atoms with Gasteiger partial charge >= 0.3 is 5.97 Å². The second-order valence-corrected chi connectivity index (χ2v) is 4.39. The van der Waals surface area contributed by atoms with Crippen LogP contribution in [0, 0.1) is 6.92 Å². The van der Waals surface area contributed by atoms with E-state index in [0.717, 1.165) is 0 Å². The van der Waals surface area contributed by atoms with Gasteiger partial charge in [-0.25, -0.2) is 4.79 Å². The number of hydrogen-bond donors (Lipinski definition) is 1. The Morgan fingerprint density at radius 1 is 1.29 bits per heavy atom. The van der Waals surface area contributed by atoms with Crippen LogP contribution in [0.5, 0.6) is 11.5 Å². The van der Waals surface area contributed by atoms with Crippen molar-refractivity contribution in [3.8, 4) is 11.5 Å². The maximum atomic E-state index is 12.0. The normalized spacial score (nSPS) is 10.8. The van der Waals surface area contributed by atoms with Crippen LogP contribution in [0.3, 0.4) is 0 Å². The van der Waals surface area contributed by atoms with Crippen molar-refractivity contribution < 1.29 is 19.7 Å². The molecule has 0 aromatic heterocycles. The maximum Gasteiger partial charge on any atom is 0.336 e. The third-order valence-electron chi connectivity index (χ3n) is 3.11. The molecule has 0 aliphatic rings. The van der Waals surface area contributed by atoms with Crippen LogP contribution in [0.4, 0.5) is 5.69 Å². The molecule has 0 atom stereocenters. The van der Waals surface area contributed by atoms with Crippen molar-refractivity contribution in [1.29, 1.82) is 0 Å². The lowest BCUT2D eigenvalue weighted by atomic mass is 10.1. The fourth-order valence-corrected chi connectivity index (χ4v) is 1.93. The van der Waals surface area contributed by atoms with Gasteiger partial charge in [0.2, 0.25) is 0 Å². The number of carboxylic acids is 1. The second kappa shape index (κ2) is 6.09. The van der Waals surface area contributed by atoms with E-state index < -0.39 is 5.97 Å². The Hall–Kier alpha value is -2.82. The molecule has 2 rings (SSSR count). The number of para-hydroxylation sites is 1. The predicted molar refractivity (Wildman–Crippen MR) is 77.8 cm³/mol. The fourth-order valence-electron chi connectivity index (χ4n) is 1.93. The summed E-state index contributed by atoms with van der Waals surface area (Å²) in [5.74, 6) is -1.01. The van der Waals surface area contributed by atoms with Gasteiger partial charge in [-0.05, 0) is 36.2 Å². The summed E-state index contributed by atoms with van der Waals surface area (Å²) in [4.78, 5) is 15.3. The zero-order chi connectivity index (χ0) is 15.4. The summed E-state index contributed by atoms with van der Waals surface area (Å²) >= 11 is 0. The number of methoxy groups -OCH3 is 1. The summed E-state index contributed by atoms with van der Waals surface area (Å²) < 4.78 is 4.96. The highest BCUT2D eigenvalue weighted by molar-refractivity contribution is 5.92. The number of nitrogens with zero attached hydrogens (tertiary/aromatic N) is 1. The monoisotopic (exact) mass is 284 g/mol. The lowest BCUT2D eigenvalue weighted by molar-refractivity contribution is -0.270. The van der Waals surface area contributed by atoms with E-state index in [1.54, 1.807) is 37.3 Å². The van der Waals surface area contributed by atoms with Crippen LogP contribution in [0.25, 0.3) is 0 Å². The Kier molecular flexibility index (Phi) is 4.23. The standard InChI is InChI=1S/C16H15NO4/c1-10-12(16(19)20)6-4-7-13(10)17-9-11-5-3-8-14(21-2)15(11)18/h3-9,18H,1-2H3,(H,19,20)/p-1. The molecule has 0 spiro atoms. The van der Waals surface area contributed by atoms with Crippen molar-refractivity contribution in [3.05, 3.63) is 53.1 Å². The van der Waals surface area contributed by atoms with Gasteiger partial charge in [0, 0.05) is 6.21 Å². The number of rotatable bonds is 4. The van der Waals surface area contributed by atoms with Crippen molar-refractivity contribution in [2.24, 2.45) is 4.99 Å². The van der Waals surface area contributed by atoms with Gasteiger partial charge < -0.3 is 14.9 Å². The van der Waals surface area contributed by atoms with Crippen LogP contribution in [0.1, 0.15) is 21.5 Å². The van der Waals surface area contributed by atoms with Gasteiger partial charge in [-0.15, -0.1) is 0 Å². The molecule has 2 aromatic carbocycles. The minimum Gasteiger partial charge on any atom is -0.870 e. The number of aliphatic imine (C=N–C) groups is 1. The van der Waals surface area contributed by atoms with Crippen LogP contribution in [0.15, 0.2) is 41.4 Å². The molecule has 108 valence electrons. The number of carboxylic acid groups (broad SMARTS) is 1. The lowest BCUT2D eigenvalue weighted by Crippen LogP contribution is -2.00. The van der Waals surface area contributed by atoms with E-state index in [4.69, 9.17) is 9.84 Å². The Morgan fingerprint density at radius 3 is 2.67 bits per heavy atom. The summed E-state index contributed by atoms with van der Waals surface area (Å²) in [5.41, 5.74) is 1.64. The van der Waals surface area contributed by atoms with Gasteiger partial charge in [-0.2, -0.15) is 0 Å². The summed E-state index contributed by atoms with van der Waals surface area (Å²) in [6.07, 6.45) is 1.42. The van der Waals surface area contributed by atoms with Crippen molar-refractivity contribution >= 4 is 17.9 Å². The summed E-state index contributed by atoms with van der Waals surface area (Å²) in [6, 6.07) is 9.74. The highest BCUT2D eigenvalue weighted by atomic mass is 16.5. The van der Waals surface area contributed by atoms with Crippen LogP contribution < -0.4 is 9.84 Å². The molecule has 0 saturated carbocycles. The van der Waals surface area contributed by atoms with E-state index in [0.29, 0.717) is 16.8 Å². The minimum absolute atomic E-state index is 0.192. The zero-order valence-electron chi connectivity index (χ0n) is 11.7. The summed E-state index contributed by atoms with van der Waals surface area (Å²) in [6.45, 7) is 1.68. The average molecular weight is 284 g/mol. The highest BCUT2D eigenvalue weighted by Crippen LogP contribution is 2.27. The zero-order valence-corrected chi connectivity index (χ0v) is 11.7. The first-order valence-electron chi connectivity index (χ1n) is 6.25. The molecule has 2 aromatic rings. The van der Waals surface area contributed by atoms with Gasteiger partial charge in [0.1, 0.15) is 5.75 Å². The van der Waals surface area contributed by atoms with Crippen molar-refractivity contribution in [2.75, 3.05) is 7.11 Å². The molecule has 0 unspecified atom stereocenters. The van der Waals surface area contributed by atoms with E-state index in [-0.39, 0.29) is 17.1 Å². The summed E-state index contributed by atoms with van der Waals surface area (Å²) in [7, 11) is 1.43. The van der Waals surface area contributed by atoms with Crippen molar-refractivity contribution in [1.82, 2.24) is 0 Å². The topological polar surface area (TPSA) is 82.0 Å². The molecule has 0 heterocycles. The average Bonchev–Trinajstić information content (AvgIpc) is 2.47. The van der Waals surface area contributed by atoms with E-state index in [1.807, 2.05) is 0 Å². The fraction of sp³-hybridized carbons (Fsp3) is 0.125. The molecule has 0 amide bonds. The van der Waals surface area contributed by atoms with Crippen LogP contribution in [-0.2, 0) is 0 Å². The van der Waals surface area contributed by atoms with Crippen molar-refractivity contribution in [2.45, 2.75) is 6.92 Å². The number of carbonyl (C=O) groups is 1. The van der Waals surface area contributed by atoms with Gasteiger partial charge in [0.15, 0.2) is 0 Å². The van der Waals surface area contributed by atoms with E-state index >= 15 is 0 Å². The quantitative estimate of drug-likeness (QED) is 0.875. The summed E-state index contributed by atoms with van der Waals surface area (Å²) in [5, 5.41) is 21.0. The number of ether oxygens (including phenoxy) is 1. The number of aromatic carboxylic acids is 1.